The fraction of sp³-hybridized carbons (Fsp3) is 0.400. The molecule has 0 radical (unpaired) electrons. The number of aryl methyl sites for hydroxylation is 1. The maximum absolute atomic E-state index is 4.02. The highest BCUT2D eigenvalue weighted by Crippen LogP contribution is 2.26. The van der Waals surface area contributed by atoms with Gasteiger partial charge in [0.1, 0.15) is 5.03 Å². The number of hydrogen-bond donors (Lipinski definition) is 1. The van der Waals surface area contributed by atoms with Crippen molar-refractivity contribution in [1.82, 2.24) is 10.2 Å². The van der Waals surface area contributed by atoms with Gasteiger partial charge in [-0.3, -0.25) is 5.10 Å². The van der Waals surface area contributed by atoms with Crippen LogP contribution in [0.4, 0.5) is 0 Å². The smallest absolute Gasteiger partial charge is 0.129 e. The summed E-state index contributed by atoms with van der Waals surface area (Å²) < 4.78 is 0. The van der Waals surface area contributed by atoms with E-state index in [0.29, 0.717) is 0 Å². The monoisotopic (exact) mass is 160 g/mol. The Balaban J connectivity index is 2.61. The highest BCUT2D eigenvalue weighted by Gasteiger charge is 1.94. The Morgan fingerprint density at radius 2 is 2.44 bits per heavy atom. The van der Waals surface area contributed by atoms with E-state index in [1.807, 2.05) is 19.2 Å². The van der Waals surface area contributed by atoms with Crippen molar-refractivity contribution in [2.75, 3.05) is 6.26 Å². The first-order chi connectivity index (χ1) is 4.33. The van der Waals surface area contributed by atoms with Gasteiger partial charge in [-0.25, -0.2) is 0 Å². The Morgan fingerprint density at radius 3 is 2.89 bits per heavy atom. The molecule has 0 aromatic carbocycles. The van der Waals surface area contributed by atoms with Gasteiger partial charge >= 0.3 is 0 Å². The Labute approximate surface area is 62.2 Å². The molecule has 0 bridgehead atoms. The van der Waals surface area contributed by atoms with Crippen molar-refractivity contribution in [3.63, 3.8) is 0 Å². The van der Waals surface area contributed by atoms with Crippen LogP contribution in [-0.4, -0.2) is 16.5 Å². The third kappa shape index (κ3) is 1.95. The number of H-pyrrole nitrogens is 1. The molecule has 0 aliphatic heterocycles. The Morgan fingerprint density at radius 1 is 1.67 bits per heavy atom. The standard InChI is InChI=1S/C5H8N2S2/c1-4-3-5(7-6-4)9-8-2/h3H,1-2H3,(H,6,7). The number of nitrogens with one attached hydrogen (secondary N) is 1. The van der Waals surface area contributed by atoms with Gasteiger partial charge in [0.15, 0.2) is 0 Å². The van der Waals surface area contributed by atoms with Crippen molar-refractivity contribution in [3.05, 3.63) is 11.8 Å². The molecule has 0 aliphatic rings. The fourth-order valence-corrected chi connectivity index (χ4v) is 1.77. The molecule has 1 aromatic heterocycles. The summed E-state index contributed by atoms with van der Waals surface area (Å²) in [5.41, 5.74) is 1.12. The molecular weight excluding hydrogens is 152 g/mol. The van der Waals surface area contributed by atoms with Crippen LogP contribution in [0, 0.1) is 6.92 Å². The first-order valence-electron chi connectivity index (χ1n) is 2.55. The molecule has 0 fully saturated rings. The lowest BCUT2D eigenvalue weighted by molar-refractivity contribution is 0.985. The molecule has 1 rings (SSSR count). The van der Waals surface area contributed by atoms with Crippen molar-refractivity contribution >= 4 is 21.6 Å². The van der Waals surface area contributed by atoms with Gasteiger partial charge in [-0.1, -0.05) is 10.8 Å². The van der Waals surface area contributed by atoms with E-state index in [2.05, 4.69) is 10.2 Å². The van der Waals surface area contributed by atoms with E-state index in [9.17, 15) is 0 Å². The van der Waals surface area contributed by atoms with E-state index < -0.39 is 0 Å². The van der Waals surface area contributed by atoms with Gasteiger partial charge in [0.05, 0.1) is 0 Å². The van der Waals surface area contributed by atoms with Gasteiger partial charge in [-0.15, -0.1) is 0 Å². The summed E-state index contributed by atoms with van der Waals surface area (Å²) in [5, 5.41) is 7.95. The molecule has 50 valence electrons. The van der Waals surface area contributed by atoms with E-state index in [4.69, 9.17) is 0 Å². The van der Waals surface area contributed by atoms with Crippen molar-refractivity contribution in [1.29, 1.82) is 0 Å². The SMILES string of the molecule is CSSc1cc(C)[nH]n1. The average molecular weight is 160 g/mol. The average Bonchev–Trinajstić information content (AvgIpc) is 2.17. The normalized spacial score (nSPS) is 10.0. The summed E-state index contributed by atoms with van der Waals surface area (Å²) in [4.78, 5) is 0. The van der Waals surface area contributed by atoms with Gasteiger partial charge in [-0.05, 0) is 30.0 Å². The minimum absolute atomic E-state index is 1.06. The summed E-state index contributed by atoms with van der Waals surface area (Å²) >= 11 is 0. The second-order valence-electron chi connectivity index (χ2n) is 1.64. The molecule has 9 heavy (non-hydrogen) atoms. The van der Waals surface area contributed by atoms with Crippen molar-refractivity contribution in [2.45, 2.75) is 11.9 Å². The predicted molar refractivity (Wildman–Crippen MR) is 42.7 cm³/mol. The van der Waals surface area contributed by atoms with E-state index in [1.165, 1.54) is 0 Å². The van der Waals surface area contributed by atoms with Crippen LogP contribution in [0.1, 0.15) is 5.69 Å². The van der Waals surface area contributed by atoms with Gasteiger partial charge in [0.25, 0.3) is 0 Å². The lowest BCUT2D eigenvalue weighted by atomic mass is 10.5. The van der Waals surface area contributed by atoms with E-state index >= 15 is 0 Å². The molecule has 0 atom stereocenters. The van der Waals surface area contributed by atoms with E-state index in [-0.39, 0.29) is 0 Å². The number of rotatable bonds is 2. The van der Waals surface area contributed by atoms with Gasteiger partial charge < -0.3 is 0 Å². The van der Waals surface area contributed by atoms with Crippen LogP contribution in [-0.2, 0) is 0 Å². The molecule has 1 heterocycles. The van der Waals surface area contributed by atoms with Gasteiger partial charge in [0, 0.05) is 5.69 Å². The molecule has 4 heteroatoms. The van der Waals surface area contributed by atoms with Crippen LogP contribution in [0.3, 0.4) is 0 Å². The zero-order valence-corrected chi connectivity index (χ0v) is 6.97. The molecule has 0 amide bonds. The van der Waals surface area contributed by atoms with Crippen LogP contribution in [0.25, 0.3) is 0 Å². The fourth-order valence-electron chi connectivity index (χ4n) is 0.521. The summed E-state index contributed by atoms with van der Waals surface area (Å²) in [7, 11) is 3.37. The van der Waals surface area contributed by atoms with Crippen molar-refractivity contribution < 1.29 is 0 Å². The highest BCUT2D eigenvalue weighted by molar-refractivity contribution is 8.76. The van der Waals surface area contributed by atoms with Crippen molar-refractivity contribution in [3.8, 4) is 0 Å². The molecule has 0 unspecified atom stereocenters. The summed E-state index contributed by atoms with van der Waals surface area (Å²) in [6, 6.07) is 2.03. The molecule has 0 aliphatic carbocycles. The van der Waals surface area contributed by atoms with Crippen LogP contribution in [0.15, 0.2) is 11.1 Å². The van der Waals surface area contributed by atoms with Gasteiger partial charge in [-0.2, -0.15) is 5.10 Å². The van der Waals surface area contributed by atoms with Crippen LogP contribution < -0.4 is 0 Å². The maximum atomic E-state index is 4.02. The molecule has 2 nitrogen and oxygen atoms in total. The molecule has 0 spiro atoms. The molecular formula is C5H8N2S2. The summed E-state index contributed by atoms with van der Waals surface area (Å²) in [6.45, 7) is 2.00. The Hall–Kier alpha value is -0.0900. The molecule has 1 N–H and O–H groups in total. The lowest BCUT2D eigenvalue weighted by Crippen LogP contribution is -1.67. The van der Waals surface area contributed by atoms with Crippen molar-refractivity contribution in [2.24, 2.45) is 0 Å². The van der Waals surface area contributed by atoms with Crippen LogP contribution >= 0.6 is 21.6 Å². The van der Waals surface area contributed by atoms with E-state index in [0.717, 1.165) is 10.7 Å². The minimum atomic E-state index is 1.06. The first-order valence-corrected chi connectivity index (χ1v) is 5.11. The summed E-state index contributed by atoms with van der Waals surface area (Å²) in [6.07, 6.45) is 2.04. The number of aromatic amines is 1. The minimum Gasteiger partial charge on any atom is -0.282 e. The van der Waals surface area contributed by atoms with Crippen LogP contribution in [0.5, 0.6) is 0 Å². The second-order valence-corrected chi connectivity index (χ2v) is 4.06. The third-order valence-corrected chi connectivity index (χ3v) is 2.41. The van der Waals surface area contributed by atoms with E-state index in [1.54, 1.807) is 21.6 Å². The number of nitrogens with zero attached hydrogens (tertiary/aromatic N) is 1. The molecule has 0 saturated carbocycles. The zero-order valence-electron chi connectivity index (χ0n) is 5.34. The van der Waals surface area contributed by atoms with Gasteiger partial charge in [0.2, 0.25) is 0 Å². The molecule has 0 saturated heterocycles. The van der Waals surface area contributed by atoms with Crippen LogP contribution in [0.2, 0.25) is 0 Å². The third-order valence-electron chi connectivity index (χ3n) is 0.851. The second kappa shape index (κ2) is 3.17. The Bertz CT molecular complexity index is 185. The number of aromatic nitrogens is 2. The lowest BCUT2D eigenvalue weighted by Gasteiger charge is -1.83. The topological polar surface area (TPSA) is 28.7 Å². The largest absolute Gasteiger partial charge is 0.282 e. The zero-order chi connectivity index (χ0) is 6.69. The quantitative estimate of drug-likeness (QED) is 0.671. The Kier molecular flexibility index (Phi) is 2.48. The first kappa shape index (κ1) is 7.02. The summed E-state index contributed by atoms with van der Waals surface area (Å²) in [5.74, 6) is 0. The predicted octanol–water partition coefficient (Wildman–Crippen LogP) is 2.09. The highest BCUT2D eigenvalue weighted by atomic mass is 33.1. The number of hydrogen-bond acceptors (Lipinski definition) is 3. The maximum Gasteiger partial charge on any atom is 0.129 e. The molecule has 1 aromatic rings.